The van der Waals surface area contributed by atoms with Crippen molar-refractivity contribution >= 4 is 23.8 Å². The number of hydrogen-bond donors (Lipinski definition) is 2. The molecule has 5 rings (SSSR count). The van der Waals surface area contributed by atoms with Crippen LogP contribution in [-0.4, -0.2) is 50.8 Å². The highest BCUT2D eigenvalue weighted by Crippen LogP contribution is 2.40. The Balaban J connectivity index is 1.27. The summed E-state index contributed by atoms with van der Waals surface area (Å²) in [6, 6.07) is 14.8. The molecule has 1 saturated heterocycles. The third kappa shape index (κ3) is 3.97. The van der Waals surface area contributed by atoms with Crippen molar-refractivity contribution in [2.75, 3.05) is 0 Å². The molecule has 2 aromatic rings. The summed E-state index contributed by atoms with van der Waals surface area (Å²) in [4.78, 5) is 51.6. The lowest BCUT2D eigenvalue weighted by atomic mass is 9.75. The smallest absolute Gasteiger partial charge is 0.407 e. The van der Waals surface area contributed by atoms with E-state index in [1.54, 1.807) is 6.07 Å². The number of fused-ring (bicyclic) bond motifs is 1. The van der Waals surface area contributed by atoms with Crippen molar-refractivity contribution in [1.82, 2.24) is 15.1 Å². The highest BCUT2D eigenvalue weighted by atomic mass is 16.4. The lowest BCUT2D eigenvalue weighted by Crippen LogP contribution is -2.52. The summed E-state index contributed by atoms with van der Waals surface area (Å²) in [5.74, 6) is -0.651. The Morgan fingerprint density at radius 3 is 2.55 bits per heavy atom. The second-order valence-electron chi connectivity index (χ2n) is 9.03. The maximum absolute atomic E-state index is 13.0. The first-order valence-corrected chi connectivity index (χ1v) is 11.2. The number of piperidine rings is 1. The molecule has 4 amide bonds. The number of imide groups is 1. The number of benzene rings is 2. The second kappa shape index (κ2) is 8.35. The van der Waals surface area contributed by atoms with Crippen LogP contribution in [0, 0.1) is 0 Å². The minimum Gasteiger partial charge on any atom is -0.465 e. The van der Waals surface area contributed by atoms with Crippen molar-refractivity contribution in [2.45, 2.75) is 56.8 Å². The van der Waals surface area contributed by atoms with Crippen LogP contribution in [0.15, 0.2) is 48.5 Å². The average molecular weight is 447 g/mol. The molecule has 0 aromatic heterocycles. The molecule has 0 bridgehead atoms. The van der Waals surface area contributed by atoms with Gasteiger partial charge in [0.05, 0.1) is 0 Å². The van der Waals surface area contributed by atoms with E-state index >= 15 is 0 Å². The third-order valence-corrected chi connectivity index (χ3v) is 7.02. The number of carbonyl (C=O) groups is 4. The largest absolute Gasteiger partial charge is 0.465 e. The number of carbonyl (C=O) groups excluding carboxylic acids is 3. The Morgan fingerprint density at radius 2 is 1.85 bits per heavy atom. The molecule has 33 heavy (non-hydrogen) atoms. The van der Waals surface area contributed by atoms with E-state index in [4.69, 9.17) is 0 Å². The Bertz CT molecular complexity index is 1130. The number of hydrogen-bond acceptors (Lipinski definition) is 4. The molecule has 2 aliphatic heterocycles. The lowest BCUT2D eigenvalue weighted by molar-refractivity contribution is -0.136. The van der Waals surface area contributed by atoms with E-state index in [1.165, 1.54) is 15.4 Å². The van der Waals surface area contributed by atoms with Crippen molar-refractivity contribution in [1.29, 1.82) is 0 Å². The van der Waals surface area contributed by atoms with Crippen molar-refractivity contribution in [3.05, 3.63) is 70.8 Å². The van der Waals surface area contributed by atoms with E-state index in [0.29, 0.717) is 24.4 Å². The monoisotopic (exact) mass is 447 g/mol. The van der Waals surface area contributed by atoms with Gasteiger partial charge in [-0.05, 0) is 47.9 Å². The molecule has 8 nitrogen and oxygen atoms in total. The lowest BCUT2D eigenvalue weighted by Gasteiger charge is -2.42. The average Bonchev–Trinajstić information content (AvgIpc) is 3.08. The summed E-state index contributed by atoms with van der Waals surface area (Å²) in [6.07, 6.45) is 1.12. The first kappa shape index (κ1) is 21.2. The minimum atomic E-state index is -0.969. The first-order valence-electron chi connectivity index (χ1n) is 11.2. The van der Waals surface area contributed by atoms with Gasteiger partial charge < -0.3 is 14.9 Å². The van der Waals surface area contributed by atoms with Gasteiger partial charge in [-0.1, -0.05) is 42.5 Å². The molecule has 1 aliphatic carbocycles. The predicted octanol–water partition coefficient (Wildman–Crippen LogP) is 2.87. The van der Waals surface area contributed by atoms with Gasteiger partial charge >= 0.3 is 6.09 Å². The van der Waals surface area contributed by atoms with Gasteiger partial charge in [-0.3, -0.25) is 19.7 Å². The molecule has 0 spiro atoms. The maximum atomic E-state index is 13.0. The third-order valence-electron chi connectivity index (χ3n) is 7.02. The van der Waals surface area contributed by atoms with Crippen molar-refractivity contribution in [3.63, 3.8) is 0 Å². The van der Waals surface area contributed by atoms with Crippen LogP contribution in [0.3, 0.4) is 0 Å². The van der Waals surface area contributed by atoms with Crippen molar-refractivity contribution in [3.8, 4) is 0 Å². The van der Waals surface area contributed by atoms with E-state index < -0.39 is 18.0 Å². The molecule has 2 aromatic carbocycles. The number of rotatable bonds is 5. The van der Waals surface area contributed by atoms with Gasteiger partial charge in [0.15, 0.2) is 0 Å². The summed E-state index contributed by atoms with van der Waals surface area (Å²) in [5, 5.41) is 12.1. The molecular weight excluding hydrogens is 422 g/mol. The van der Waals surface area contributed by atoms with Gasteiger partial charge in [-0.15, -0.1) is 0 Å². The molecule has 0 radical (unpaired) electrons. The van der Waals surface area contributed by atoms with Gasteiger partial charge in [0.25, 0.3) is 5.91 Å². The van der Waals surface area contributed by atoms with Crippen LogP contribution in [0.5, 0.6) is 0 Å². The Labute approximate surface area is 191 Å². The number of nitrogens with one attached hydrogen (secondary N) is 1. The highest BCUT2D eigenvalue weighted by molar-refractivity contribution is 6.05. The number of amides is 4. The van der Waals surface area contributed by atoms with E-state index in [0.717, 1.165) is 24.0 Å². The fourth-order valence-corrected chi connectivity index (χ4v) is 5.09. The highest BCUT2D eigenvalue weighted by Gasteiger charge is 2.40. The summed E-state index contributed by atoms with van der Waals surface area (Å²) >= 11 is 0. The van der Waals surface area contributed by atoms with E-state index in [2.05, 4.69) is 17.4 Å². The normalized spacial score (nSPS) is 24.2. The molecule has 2 N–H and O–H groups in total. The zero-order chi connectivity index (χ0) is 23.1. The molecule has 1 atom stereocenters. The topological polar surface area (TPSA) is 107 Å². The van der Waals surface area contributed by atoms with Crippen LogP contribution in [0.1, 0.15) is 58.6 Å². The minimum absolute atomic E-state index is 0.0587. The van der Waals surface area contributed by atoms with Gasteiger partial charge in [0, 0.05) is 31.1 Å². The van der Waals surface area contributed by atoms with Crippen molar-refractivity contribution < 1.29 is 24.3 Å². The van der Waals surface area contributed by atoms with Gasteiger partial charge in [0.2, 0.25) is 11.8 Å². The Kier molecular flexibility index (Phi) is 5.36. The van der Waals surface area contributed by atoms with E-state index in [-0.39, 0.29) is 30.8 Å². The molecule has 8 heteroatoms. The van der Waals surface area contributed by atoms with Gasteiger partial charge in [0.1, 0.15) is 6.04 Å². The quantitative estimate of drug-likeness (QED) is 0.686. The number of carboxylic acid groups (broad SMARTS) is 1. The van der Waals surface area contributed by atoms with E-state index in [9.17, 15) is 24.3 Å². The SMILES string of the molecule is O=C1CCC(N2Cc3ccc(CN(C(=O)O)C4CC(c5ccccc5)C4)cc3C2=O)C(=O)N1. The molecule has 2 fully saturated rings. The number of nitrogens with zero attached hydrogens (tertiary/aromatic N) is 2. The first-order chi connectivity index (χ1) is 15.9. The fourth-order valence-electron chi connectivity index (χ4n) is 5.09. The molecule has 1 unspecified atom stereocenters. The second-order valence-corrected chi connectivity index (χ2v) is 9.03. The van der Waals surface area contributed by atoms with Crippen LogP contribution < -0.4 is 5.32 Å². The molecule has 2 heterocycles. The summed E-state index contributed by atoms with van der Waals surface area (Å²) in [5.41, 5.74) is 3.29. The molecule has 170 valence electrons. The van der Waals surface area contributed by atoms with Gasteiger partial charge in [-0.25, -0.2) is 4.79 Å². The van der Waals surface area contributed by atoms with Crippen LogP contribution in [-0.2, 0) is 22.7 Å². The predicted molar refractivity (Wildman–Crippen MR) is 118 cm³/mol. The maximum Gasteiger partial charge on any atom is 0.407 e. The fraction of sp³-hybridized carbons (Fsp3) is 0.360. The van der Waals surface area contributed by atoms with Crippen LogP contribution in [0.2, 0.25) is 0 Å². The van der Waals surface area contributed by atoms with E-state index in [1.807, 2.05) is 30.3 Å². The molecular formula is C25H25N3O5. The van der Waals surface area contributed by atoms with Crippen LogP contribution in [0.4, 0.5) is 4.79 Å². The van der Waals surface area contributed by atoms with Crippen molar-refractivity contribution in [2.24, 2.45) is 0 Å². The Morgan fingerprint density at radius 1 is 1.09 bits per heavy atom. The summed E-state index contributed by atoms with van der Waals surface area (Å²) in [7, 11) is 0. The van der Waals surface area contributed by atoms with Crippen LogP contribution in [0.25, 0.3) is 0 Å². The van der Waals surface area contributed by atoms with Gasteiger partial charge in [-0.2, -0.15) is 0 Å². The zero-order valence-corrected chi connectivity index (χ0v) is 18.1. The zero-order valence-electron chi connectivity index (χ0n) is 18.1. The Hall–Kier alpha value is -3.68. The standard InChI is InChI=1S/C25H25N3O5/c29-22-9-8-21(23(30)26-22)28-14-17-7-6-15(10-20(17)24(28)31)13-27(25(32)33)19-11-18(12-19)16-4-2-1-3-5-16/h1-7,10,18-19,21H,8-9,11-14H2,(H,32,33)(H,26,29,30). The summed E-state index contributed by atoms with van der Waals surface area (Å²) < 4.78 is 0. The molecule has 3 aliphatic rings. The molecule has 1 saturated carbocycles. The van der Waals surface area contributed by atoms with Crippen LogP contribution >= 0.6 is 0 Å². The summed E-state index contributed by atoms with van der Waals surface area (Å²) in [6.45, 7) is 0.519.